The summed E-state index contributed by atoms with van der Waals surface area (Å²) in [4.78, 5) is 12.6. The number of hydrogen-bond acceptors (Lipinski definition) is 4. The molecule has 0 aliphatic carbocycles. The maximum absolute atomic E-state index is 12.6. The Morgan fingerprint density at radius 1 is 0.929 bits per heavy atom. The first-order valence-corrected chi connectivity index (χ1v) is 9.27. The second kappa shape index (κ2) is 7.61. The van der Waals surface area contributed by atoms with Crippen molar-refractivity contribution in [3.8, 4) is 28.6 Å². The number of rotatable bonds is 5. The highest BCUT2D eigenvalue weighted by atomic mass is 16.5. The minimum Gasteiger partial charge on any atom is -0.508 e. The summed E-state index contributed by atoms with van der Waals surface area (Å²) in [6.07, 6.45) is 1.47. The zero-order valence-corrected chi connectivity index (χ0v) is 15.5. The Bertz CT molecular complexity index is 1180. The average molecular weight is 372 g/mol. The molecule has 0 bridgehead atoms. The number of phenolic OH excluding ortho intramolecular Hbond substituents is 1. The van der Waals surface area contributed by atoms with Gasteiger partial charge in [0, 0.05) is 17.2 Å². The fourth-order valence-electron chi connectivity index (χ4n) is 3.24. The molecule has 0 aliphatic heterocycles. The van der Waals surface area contributed by atoms with E-state index >= 15 is 0 Å². The summed E-state index contributed by atoms with van der Waals surface area (Å²) in [5.74, 6) is 1.97. The lowest BCUT2D eigenvalue weighted by Gasteiger charge is -2.10. The van der Waals surface area contributed by atoms with Crippen molar-refractivity contribution in [2.45, 2.75) is 19.8 Å². The Kier molecular flexibility index (Phi) is 4.85. The number of fused-ring (bicyclic) bond motifs is 1. The van der Waals surface area contributed by atoms with E-state index < -0.39 is 0 Å². The van der Waals surface area contributed by atoms with Crippen LogP contribution < -0.4 is 10.2 Å². The maximum Gasteiger partial charge on any atom is 0.193 e. The van der Waals surface area contributed by atoms with Gasteiger partial charge in [-0.15, -0.1) is 0 Å². The molecule has 140 valence electrons. The molecule has 0 atom stereocenters. The predicted octanol–water partition coefficient (Wildman–Crippen LogP) is 5.91. The van der Waals surface area contributed by atoms with Crippen molar-refractivity contribution < 1.29 is 14.3 Å². The van der Waals surface area contributed by atoms with Crippen molar-refractivity contribution in [1.82, 2.24) is 0 Å². The summed E-state index contributed by atoms with van der Waals surface area (Å²) in [5.41, 5.74) is 1.70. The van der Waals surface area contributed by atoms with E-state index in [0.717, 1.165) is 17.7 Å². The van der Waals surface area contributed by atoms with E-state index in [0.29, 0.717) is 34.5 Å². The second-order valence-electron chi connectivity index (χ2n) is 6.61. The second-order valence-corrected chi connectivity index (χ2v) is 6.61. The van der Waals surface area contributed by atoms with Crippen LogP contribution in [-0.2, 0) is 6.42 Å². The number of para-hydroxylation sites is 1. The van der Waals surface area contributed by atoms with Gasteiger partial charge in [-0.1, -0.05) is 43.7 Å². The van der Waals surface area contributed by atoms with Crippen molar-refractivity contribution in [3.63, 3.8) is 0 Å². The summed E-state index contributed by atoms with van der Waals surface area (Å²) in [7, 11) is 0. The smallest absolute Gasteiger partial charge is 0.193 e. The van der Waals surface area contributed by atoms with Gasteiger partial charge in [0.2, 0.25) is 0 Å². The van der Waals surface area contributed by atoms with E-state index in [9.17, 15) is 9.90 Å². The van der Waals surface area contributed by atoms with Crippen molar-refractivity contribution in [3.05, 3.63) is 88.6 Å². The lowest BCUT2D eigenvalue weighted by Crippen LogP contribution is -2.02. The van der Waals surface area contributed by atoms with Gasteiger partial charge in [0.25, 0.3) is 0 Å². The van der Waals surface area contributed by atoms with Gasteiger partial charge in [0.15, 0.2) is 5.43 Å². The summed E-state index contributed by atoms with van der Waals surface area (Å²) in [6.45, 7) is 2.02. The van der Waals surface area contributed by atoms with Crippen LogP contribution >= 0.6 is 0 Å². The molecule has 3 aromatic carbocycles. The standard InChI is InChI=1S/C24H20O4/c1-2-7-19-21(25)13-12-20-22(26)15-23(28-24(19)20)16-8-6-11-18(14-16)27-17-9-4-3-5-10-17/h3-6,8-15,25H,2,7H2,1H3. The Hall–Kier alpha value is -3.53. The third kappa shape index (κ3) is 3.49. The molecule has 0 radical (unpaired) electrons. The van der Waals surface area contributed by atoms with Gasteiger partial charge in [-0.25, -0.2) is 0 Å². The highest BCUT2D eigenvalue weighted by molar-refractivity contribution is 5.83. The molecule has 0 fully saturated rings. The van der Waals surface area contributed by atoms with Gasteiger partial charge in [0.1, 0.15) is 28.6 Å². The van der Waals surface area contributed by atoms with E-state index in [-0.39, 0.29) is 11.2 Å². The van der Waals surface area contributed by atoms with Crippen LogP contribution in [0.2, 0.25) is 0 Å². The summed E-state index contributed by atoms with van der Waals surface area (Å²) >= 11 is 0. The zero-order chi connectivity index (χ0) is 19.5. The fourth-order valence-corrected chi connectivity index (χ4v) is 3.24. The molecular weight excluding hydrogens is 352 g/mol. The quantitative estimate of drug-likeness (QED) is 0.473. The monoisotopic (exact) mass is 372 g/mol. The molecule has 0 amide bonds. The van der Waals surface area contributed by atoms with Crippen molar-refractivity contribution in [2.75, 3.05) is 0 Å². The molecule has 4 rings (SSSR count). The minimum atomic E-state index is -0.136. The number of ether oxygens (including phenoxy) is 1. The molecule has 4 heteroatoms. The number of benzene rings is 3. The van der Waals surface area contributed by atoms with Crippen molar-refractivity contribution in [2.24, 2.45) is 0 Å². The topological polar surface area (TPSA) is 59.7 Å². The number of hydrogen-bond donors (Lipinski definition) is 1. The molecule has 0 saturated carbocycles. The Morgan fingerprint density at radius 2 is 1.71 bits per heavy atom. The van der Waals surface area contributed by atoms with Gasteiger partial charge < -0.3 is 14.3 Å². The lowest BCUT2D eigenvalue weighted by atomic mass is 10.0. The number of aromatic hydroxyl groups is 1. The lowest BCUT2D eigenvalue weighted by molar-refractivity contribution is 0.466. The predicted molar refractivity (Wildman–Crippen MR) is 110 cm³/mol. The molecule has 4 nitrogen and oxygen atoms in total. The van der Waals surface area contributed by atoms with Crippen LogP contribution in [0, 0.1) is 0 Å². The van der Waals surface area contributed by atoms with Crippen molar-refractivity contribution in [1.29, 1.82) is 0 Å². The van der Waals surface area contributed by atoms with Crippen LogP contribution in [0.5, 0.6) is 17.2 Å². The van der Waals surface area contributed by atoms with Crippen LogP contribution in [0.4, 0.5) is 0 Å². The van der Waals surface area contributed by atoms with Crippen LogP contribution in [0.25, 0.3) is 22.3 Å². The van der Waals surface area contributed by atoms with E-state index in [4.69, 9.17) is 9.15 Å². The van der Waals surface area contributed by atoms with Gasteiger partial charge in [-0.3, -0.25) is 4.79 Å². The Morgan fingerprint density at radius 3 is 2.50 bits per heavy atom. The summed E-state index contributed by atoms with van der Waals surface area (Å²) < 4.78 is 12.0. The third-order valence-corrected chi connectivity index (χ3v) is 4.57. The molecule has 1 aromatic heterocycles. The van der Waals surface area contributed by atoms with E-state index in [2.05, 4.69) is 0 Å². The molecule has 0 unspecified atom stereocenters. The molecule has 0 aliphatic rings. The molecule has 28 heavy (non-hydrogen) atoms. The molecular formula is C24H20O4. The highest BCUT2D eigenvalue weighted by Crippen LogP contribution is 2.32. The molecule has 1 N–H and O–H groups in total. The van der Waals surface area contributed by atoms with Crippen LogP contribution in [-0.4, -0.2) is 5.11 Å². The first-order chi connectivity index (χ1) is 13.7. The Balaban J connectivity index is 1.80. The summed E-state index contributed by atoms with van der Waals surface area (Å²) in [5, 5.41) is 10.7. The van der Waals surface area contributed by atoms with Crippen LogP contribution in [0.3, 0.4) is 0 Å². The number of aryl methyl sites for hydroxylation is 1. The molecule has 0 spiro atoms. The first-order valence-electron chi connectivity index (χ1n) is 9.27. The maximum atomic E-state index is 12.6. The zero-order valence-electron chi connectivity index (χ0n) is 15.5. The van der Waals surface area contributed by atoms with E-state index in [1.54, 1.807) is 12.1 Å². The summed E-state index contributed by atoms with van der Waals surface area (Å²) in [6, 6.07) is 21.5. The highest BCUT2D eigenvalue weighted by Gasteiger charge is 2.14. The largest absolute Gasteiger partial charge is 0.508 e. The van der Waals surface area contributed by atoms with Crippen LogP contribution in [0.15, 0.2) is 82.0 Å². The first kappa shape index (κ1) is 17.9. The van der Waals surface area contributed by atoms with E-state index in [1.165, 1.54) is 6.07 Å². The van der Waals surface area contributed by atoms with Crippen molar-refractivity contribution >= 4 is 11.0 Å². The molecule has 0 saturated heterocycles. The van der Waals surface area contributed by atoms with Crippen LogP contribution in [0.1, 0.15) is 18.9 Å². The SMILES string of the molecule is CCCc1c(O)ccc2c(=O)cc(-c3cccc(Oc4ccccc4)c3)oc12. The van der Waals surface area contributed by atoms with Gasteiger partial charge >= 0.3 is 0 Å². The van der Waals surface area contributed by atoms with Gasteiger partial charge in [-0.2, -0.15) is 0 Å². The van der Waals surface area contributed by atoms with Gasteiger partial charge in [-0.05, 0) is 42.8 Å². The average Bonchev–Trinajstić information content (AvgIpc) is 2.71. The minimum absolute atomic E-state index is 0.136. The molecule has 4 aromatic rings. The fraction of sp³-hybridized carbons (Fsp3) is 0.125. The normalized spacial score (nSPS) is 10.9. The third-order valence-electron chi connectivity index (χ3n) is 4.57. The van der Waals surface area contributed by atoms with Gasteiger partial charge in [0.05, 0.1) is 5.39 Å². The van der Waals surface area contributed by atoms with E-state index in [1.807, 2.05) is 61.5 Å². The molecule has 1 heterocycles. The Labute approximate surface area is 162 Å². The number of phenols is 1.